The van der Waals surface area contributed by atoms with Gasteiger partial charge in [0.25, 0.3) is 11.8 Å². The van der Waals surface area contributed by atoms with Crippen molar-refractivity contribution in [3.8, 4) is 6.07 Å². The maximum Gasteiger partial charge on any atom is 0.416 e. The fourth-order valence-electron chi connectivity index (χ4n) is 4.44. The predicted molar refractivity (Wildman–Crippen MR) is 132 cm³/mol. The van der Waals surface area contributed by atoms with Crippen LogP contribution in [0.1, 0.15) is 56.3 Å². The van der Waals surface area contributed by atoms with E-state index in [9.17, 15) is 36.8 Å². The number of fused-ring (bicyclic) bond motifs is 1. The lowest BCUT2D eigenvalue weighted by Gasteiger charge is -2.20. The molecule has 12 heteroatoms. The highest BCUT2D eigenvalue weighted by Crippen LogP contribution is 2.46. The van der Waals surface area contributed by atoms with Crippen LogP contribution in [0.4, 0.5) is 33.3 Å². The van der Waals surface area contributed by atoms with Gasteiger partial charge in [0.05, 0.1) is 23.1 Å². The molecule has 3 aromatic rings. The highest BCUT2D eigenvalue weighted by atomic mass is 35.5. The quantitative estimate of drug-likeness (QED) is 0.303. The molecule has 2 amide bonds. The van der Waals surface area contributed by atoms with Gasteiger partial charge in [0, 0.05) is 45.2 Å². The van der Waals surface area contributed by atoms with E-state index in [0.717, 1.165) is 12.1 Å². The van der Waals surface area contributed by atoms with Crippen LogP contribution in [0.5, 0.6) is 0 Å². The van der Waals surface area contributed by atoms with Crippen molar-refractivity contribution in [3.63, 3.8) is 0 Å². The number of nitriles is 1. The van der Waals surface area contributed by atoms with Gasteiger partial charge in [-0.2, -0.15) is 18.4 Å². The van der Waals surface area contributed by atoms with Gasteiger partial charge in [0.2, 0.25) is 0 Å². The summed E-state index contributed by atoms with van der Waals surface area (Å²) in [5, 5.41) is 17.7. The summed E-state index contributed by atoms with van der Waals surface area (Å²) in [7, 11) is 0. The molecule has 0 saturated heterocycles. The first kappa shape index (κ1) is 26.4. The SMILES string of the molecule is N#CC1(CNc2cc(NC(=O)c3cc(F)cc(C(F)(F)F)c3)c3c(c2)C(=O)NC3c2cc(F)ccc2Cl)CC1. The van der Waals surface area contributed by atoms with Crippen LogP contribution in [0, 0.1) is 28.4 Å². The van der Waals surface area contributed by atoms with Gasteiger partial charge < -0.3 is 16.0 Å². The Bertz CT molecular complexity index is 1560. The molecule has 0 bridgehead atoms. The molecule has 0 spiro atoms. The molecule has 5 rings (SSSR count). The first-order valence-corrected chi connectivity index (χ1v) is 12.0. The molecule has 200 valence electrons. The predicted octanol–water partition coefficient (Wildman–Crippen LogP) is 6.44. The van der Waals surface area contributed by atoms with Gasteiger partial charge in [0.1, 0.15) is 11.6 Å². The lowest BCUT2D eigenvalue weighted by molar-refractivity contribution is -0.137. The summed E-state index contributed by atoms with van der Waals surface area (Å²) in [5.41, 5.74) is -1.68. The lowest BCUT2D eigenvalue weighted by Crippen LogP contribution is -2.21. The number of hydrogen-bond acceptors (Lipinski definition) is 4. The molecule has 0 radical (unpaired) electrons. The zero-order chi connectivity index (χ0) is 28.1. The molecular weight excluding hydrogens is 543 g/mol. The number of nitrogens with one attached hydrogen (secondary N) is 3. The minimum Gasteiger partial charge on any atom is -0.383 e. The minimum atomic E-state index is -4.89. The minimum absolute atomic E-state index is 0.00306. The van der Waals surface area contributed by atoms with Crippen LogP contribution in [0.25, 0.3) is 0 Å². The van der Waals surface area contributed by atoms with Crippen LogP contribution in [0.3, 0.4) is 0 Å². The van der Waals surface area contributed by atoms with E-state index in [0.29, 0.717) is 30.7 Å². The molecule has 39 heavy (non-hydrogen) atoms. The van der Waals surface area contributed by atoms with Crippen LogP contribution in [-0.4, -0.2) is 18.4 Å². The largest absolute Gasteiger partial charge is 0.416 e. The van der Waals surface area contributed by atoms with Gasteiger partial charge in [-0.3, -0.25) is 9.59 Å². The number of benzene rings is 3. The second-order valence-electron chi connectivity index (χ2n) is 9.48. The fourth-order valence-corrected chi connectivity index (χ4v) is 4.66. The molecule has 1 heterocycles. The molecule has 1 saturated carbocycles. The van der Waals surface area contributed by atoms with Gasteiger partial charge >= 0.3 is 6.18 Å². The Labute approximate surface area is 223 Å². The van der Waals surface area contributed by atoms with Crippen LogP contribution in [-0.2, 0) is 6.18 Å². The second-order valence-corrected chi connectivity index (χ2v) is 9.89. The van der Waals surface area contributed by atoms with Crippen molar-refractivity contribution in [2.24, 2.45) is 5.41 Å². The number of carbonyl (C=O) groups excluding carboxylic acids is 2. The number of hydrogen-bond donors (Lipinski definition) is 3. The van der Waals surface area contributed by atoms with E-state index in [2.05, 4.69) is 22.0 Å². The van der Waals surface area contributed by atoms with Crippen molar-refractivity contribution in [2.45, 2.75) is 25.1 Å². The third-order valence-electron chi connectivity index (χ3n) is 6.71. The van der Waals surface area contributed by atoms with E-state index < -0.39 is 52.2 Å². The van der Waals surface area contributed by atoms with Crippen molar-refractivity contribution < 1.29 is 31.5 Å². The van der Waals surface area contributed by atoms with Crippen LogP contribution >= 0.6 is 11.6 Å². The standard InChI is InChI=1S/C27H18ClF5N4O2/c28-20-2-1-15(29)8-18(20)23-22-19(25(39)37-23)9-17(35-12-26(11-34)3-4-26)10-21(22)36-24(38)13-5-14(27(31,32)33)7-16(30)6-13/h1-2,5-10,23,35H,3-4,12H2,(H,36,38)(H,37,39). The molecule has 1 unspecified atom stereocenters. The number of carbonyl (C=O) groups is 2. The topological polar surface area (TPSA) is 94.0 Å². The number of alkyl halides is 3. The number of rotatable bonds is 6. The molecule has 0 aromatic heterocycles. The molecule has 1 aliphatic heterocycles. The van der Waals surface area contributed by atoms with E-state index >= 15 is 0 Å². The second kappa shape index (κ2) is 9.54. The Balaban J connectivity index is 1.58. The number of halogens is 6. The fraction of sp³-hybridized carbons (Fsp3) is 0.222. The number of anilines is 2. The first-order valence-electron chi connectivity index (χ1n) is 11.7. The summed E-state index contributed by atoms with van der Waals surface area (Å²) in [6.45, 7) is 0.259. The van der Waals surface area contributed by atoms with Crippen molar-refractivity contribution in [1.82, 2.24) is 5.32 Å². The van der Waals surface area contributed by atoms with Crippen LogP contribution < -0.4 is 16.0 Å². The van der Waals surface area contributed by atoms with E-state index in [1.165, 1.54) is 18.2 Å². The Hall–Kier alpha value is -4.17. The molecule has 6 nitrogen and oxygen atoms in total. The zero-order valence-electron chi connectivity index (χ0n) is 19.8. The molecule has 2 aliphatic rings. The van der Waals surface area contributed by atoms with E-state index in [1.807, 2.05) is 0 Å². The zero-order valence-corrected chi connectivity index (χ0v) is 20.6. The summed E-state index contributed by atoms with van der Waals surface area (Å²) >= 11 is 6.28. The Kier molecular flexibility index (Phi) is 6.47. The Morgan fingerprint density at radius 3 is 2.51 bits per heavy atom. The van der Waals surface area contributed by atoms with E-state index in [1.54, 1.807) is 0 Å². The lowest BCUT2D eigenvalue weighted by atomic mass is 9.95. The van der Waals surface area contributed by atoms with Gasteiger partial charge in [-0.1, -0.05) is 11.6 Å². The van der Waals surface area contributed by atoms with Crippen LogP contribution in [0.2, 0.25) is 5.02 Å². The van der Waals surface area contributed by atoms with Crippen molar-refractivity contribution >= 4 is 34.8 Å². The number of amides is 2. The summed E-state index contributed by atoms with van der Waals surface area (Å²) in [6, 6.07) is 9.13. The maximum atomic E-state index is 14.1. The normalized spacial score (nSPS) is 17.2. The molecule has 1 aliphatic carbocycles. The molecular formula is C27H18ClF5N4O2. The van der Waals surface area contributed by atoms with Crippen LogP contribution in [0.15, 0.2) is 48.5 Å². The highest BCUT2D eigenvalue weighted by molar-refractivity contribution is 6.31. The van der Waals surface area contributed by atoms with E-state index in [-0.39, 0.29) is 40.0 Å². The van der Waals surface area contributed by atoms with Gasteiger partial charge in [-0.05, 0) is 61.4 Å². The third-order valence-corrected chi connectivity index (χ3v) is 7.06. The smallest absolute Gasteiger partial charge is 0.383 e. The van der Waals surface area contributed by atoms with E-state index in [4.69, 9.17) is 11.6 Å². The molecule has 3 N–H and O–H groups in total. The summed E-state index contributed by atoms with van der Waals surface area (Å²) in [6.07, 6.45) is -3.52. The average molecular weight is 561 g/mol. The van der Waals surface area contributed by atoms with Gasteiger partial charge in [-0.25, -0.2) is 8.78 Å². The molecule has 3 aromatic carbocycles. The highest BCUT2D eigenvalue weighted by Gasteiger charge is 2.43. The Morgan fingerprint density at radius 1 is 1.10 bits per heavy atom. The van der Waals surface area contributed by atoms with Crippen molar-refractivity contribution in [3.05, 3.63) is 93.0 Å². The summed E-state index contributed by atoms with van der Waals surface area (Å²) in [5.74, 6) is -3.53. The van der Waals surface area contributed by atoms with Crippen molar-refractivity contribution in [2.75, 3.05) is 17.2 Å². The first-order chi connectivity index (χ1) is 18.4. The van der Waals surface area contributed by atoms with Gasteiger partial charge in [-0.15, -0.1) is 0 Å². The van der Waals surface area contributed by atoms with Crippen molar-refractivity contribution in [1.29, 1.82) is 5.26 Å². The average Bonchev–Trinajstić information content (AvgIpc) is 3.59. The molecule has 1 atom stereocenters. The monoisotopic (exact) mass is 560 g/mol. The number of nitrogens with zero attached hydrogens (tertiary/aromatic N) is 1. The maximum absolute atomic E-state index is 14.1. The summed E-state index contributed by atoms with van der Waals surface area (Å²) in [4.78, 5) is 26.0. The summed E-state index contributed by atoms with van der Waals surface area (Å²) < 4.78 is 67.7. The molecule has 1 fully saturated rings. The van der Waals surface area contributed by atoms with Gasteiger partial charge in [0.15, 0.2) is 0 Å². The Morgan fingerprint density at radius 2 is 1.85 bits per heavy atom. The third kappa shape index (κ3) is 5.25.